The smallest absolute Gasteiger partial charge is 0.259 e. The van der Waals surface area contributed by atoms with Crippen LogP contribution in [0.2, 0.25) is 0 Å². The highest BCUT2D eigenvalue weighted by atomic mass is 32.2. The third kappa shape index (κ3) is 3.66. The Kier molecular flexibility index (Phi) is 4.94. The number of hydrogen-bond donors (Lipinski definition) is 2. The van der Waals surface area contributed by atoms with E-state index in [1.165, 1.54) is 28.5 Å². The summed E-state index contributed by atoms with van der Waals surface area (Å²) >= 11 is 1.03. The van der Waals surface area contributed by atoms with Crippen LogP contribution in [0.25, 0.3) is 0 Å². The van der Waals surface area contributed by atoms with Gasteiger partial charge in [-0.2, -0.15) is 0 Å². The number of fused-ring (bicyclic) bond motifs is 2. The summed E-state index contributed by atoms with van der Waals surface area (Å²) in [6, 6.07) is 2.32. The molecule has 1 heterocycles. The molecular weight excluding hydrogens is 394 g/mol. The lowest BCUT2D eigenvalue weighted by molar-refractivity contribution is -0.117. The molecule has 2 aliphatic carbocycles. The molecule has 3 N–H and O–H groups in total. The van der Waals surface area contributed by atoms with Crippen LogP contribution in [0.1, 0.15) is 59.4 Å². The van der Waals surface area contributed by atoms with Crippen molar-refractivity contribution < 1.29 is 14.1 Å². The molecule has 28 heavy (non-hydrogen) atoms. The monoisotopic (exact) mass is 419 g/mol. The normalized spacial score (nSPS) is 17.9. The molecule has 1 atom stereocenters. The number of thiazole rings is 1. The first kappa shape index (κ1) is 19.7. The summed E-state index contributed by atoms with van der Waals surface area (Å²) in [5.74, 6) is -0.470. The van der Waals surface area contributed by atoms with Crippen LogP contribution in [0.5, 0.6) is 0 Å². The highest BCUT2D eigenvalue weighted by Crippen LogP contribution is 2.35. The molecule has 1 aromatic heterocycles. The fourth-order valence-electron chi connectivity index (χ4n) is 4.20. The molecule has 2 aromatic rings. The van der Waals surface area contributed by atoms with Crippen molar-refractivity contribution in [3.05, 3.63) is 45.0 Å². The van der Waals surface area contributed by atoms with Crippen LogP contribution in [-0.2, 0) is 52.4 Å². The molecule has 1 amide bonds. The van der Waals surface area contributed by atoms with Gasteiger partial charge >= 0.3 is 0 Å². The van der Waals surface area contributed by atoms with Crippen molar-refractivity contribution in [2.24, 2.45) is 9.50 Å². The van der Waals surface area contributed by atoms with E-state index in [9.17, 15) is 14.1 Å². The molecular formula is C20H25N3O3S2. The van der Waals surface area contributed by atoms with Crippen molar-refractivity contribution in [2.45, 2.75) is 68.7 Å². The van der Waals surface area contributed by atoms with Crippen molar-refractivity contribution in [3.8, 4) is 0 Å². The molecule has 6 nitrogen and oxygen atoms in total. The molecule has 0 spiro atoms. The summed E-state index contributed by atoms with van der Waals surface area (Å²) in [7, 11) is -3.43. The fraction of sp³-hybridized carbons (Fsp3) is 0.500. The van der Waals surface area contributed by atoms with Gasteiger partial charge in [-0.05, 0) is 80.2 Å². The molecule has 0 saturated heterocycles. The van der Waals surface area contributed by atoms with E-state index in [4.69, 9.17) is 5.14 Å². The number of carbonyl (C=O) groups excluding carboxylic acids is 1. The van der Waals surface area contributed by atoms with Gasteiger partial charge in [0.25, 0.3) is 5.91 Å². The molecule has 0 saturated carbocycles. The van der Waals surface area contributed by atoms with Gasteiger partial charge in [-0.25, -0.2) is 14.3 Å². The Hall–Kier alpha value is -1.61. The number of amides is 1. The van der Waals surface area contributed by atoms with Gasteiger partial charge in [-0.3, -0.25) is 4.79 Å². The minimum atomic E-state index is -3.43. The van der Waals surface area contributed by atoms with Crippen molar-refractivity contribution in [3.63, 3.8) is 0 Å². The molecule has 150 valence electrons. The predicted octanol–water partition coefficient (Wildman–Crippen LogP) is 2.82. The SMILES string of the molecule is CC(C)(O)c1cnc([S@@](N)(=O)=NC(=O)Cc2c3c(cc4c2CCC4)CCC3)s1. The first-order chi connectivity index (χ1) is 13.1. The van der Waals surface area contributed by atoms with Gasteiger partial charge in [0.1, 0.15) is 0 Å². The summed E-state index contributed by atoms with van der Waals surface area (Å²) in [6.45, 7) is 3.23. The zero-order chi connectivity index (χ0) is 20.1. The van der Waals surface area contributed by atoms with Gasteiger partial charge in [-0.15, -0.1) is 15.7 Å². The van der Waals surface area contributed by atoms with Crippen molar-refractivity contribution in [2.75, 3.05) is 0 Å². The number of benzene rings is 1. The third-order valence-corrected chi connectivity index (χ3v) is 8.65. The lowest BCUT2D eigenvalue weighted by Crippen LogP contribution is -2.16. The molecule has 4 rings (SSSR count). The second-order valence-electron chi connectivity index (χ2n) is 8.12. The quantitative estimate of drug-likeness (QED) is 0.795. The van der Waals surface area contributed by atoms with Crippen molar-refractivity contribution in [1.82, 2.24) is 4.98 Å². The third-order valence-electron chi connectivity index (χ3n) is 5.50. The highest BCUT2D eigenvalue weighted by molar-refractivity contribution is 7.93. The Labute approximate surface area is 169 Å². The van der Waals surface area contributed by atoms with Gasteiger partial charge in [0.15, 0.2) is 9.92 Å². The number of aromatic nitrogens is 1. The first-order valence-electron chi connectivity index (χ1n) is 9.57. The Balaban J connectivity index is 1.65. The molecule has 0 aliphatic heterocycles. The van der Waals surface area contributed by atoms with Gasteiger partial charge in [0.2, 0.25) is 4.34 Å². The van der Waals surface area contributed by atoms with Crippen molar-refractivity contribution >= 4 is 27.2 Å². The molecule has 0 radical (unpaired) electrons. The largest absolute Gasteiger partial charge is 0.385 e. The van der Waals surface area contributed by atoms with E-state index in [2.05, 4.69) is 15.4 Å². The Morgan fingerprint density at radius 2 is 1.86 bits per heavy atom. The minimum absolute atomic E-state index is 0.0708. The van der Waals surface area contributed by atoms with E-state index in [1.807, 2.05) is 0 Å². The molecule has 1 aromatic carbocycles. The van der Waals surface area contributed by atoms with Gasteiger partial charge in [0.05, 0.1) is 16.9 Å². The highest BCUT2D eigenvalue weighted by Gasteiger charge is 2.26. The fourth-order valence-corrected chi connectivity index (χ4v) is 6.35. The Bertz CT molecular complexity index is 1040. The number of aryl methyl sites for hydroxylation is 2. The number of rotatable bonds is 4. The minimum Gasteiger partial charge on any atom is -0.385 e. The molecule has 8 heteroatoms. The van der Waals surface area contributed by atoms with E-state index in [0.717, 1.165) is 55.4 Å². The standard InChI is InChI=1S/C20H25N3O3S2/c1-20(2,25)17-11-22-19(27-17)28(21,26)23-18(24)10-16-14-7-3-5-12(14)9-13-6-4-8-15(13)16/h9,11,25H,3-8,10H2,1-2H3,(H2,21,23,24,26)/t28-/m0/s1. The number of carbonyl (C=O) groups is 1. The van der Waals surface area contributed by atoms with Crippen LogP contribution in [-0.4, -0.2) is 20.2 Å². The molecule has 0 bridgehead atoms. The summed E-state index contributed by atoms with van der Waals surface area (Å²) < 4.78 is 16.8. The lowest BCUT2D eigenvalue weighted by atomic mass is 9.92. The van der Waals surface area contributed by atoms with Gasteiger partial charge < -0.3 is 5.11 Å². The average Bonchev–Trinajstić information content (AvgIpc) is 3.33. The Morgan fingerprint density at radius 1 is 1.25 bits per heavy atom. The molecule has 0 unspecified atom stereocenters. The maximum absolute atomic E-state index is 12.9. The summed E-state index contributed by atoms with van der Waals surface area (Å²) in [5, 5.41) is 15.9. The first-order valence-corrected chi connectivity index (χ1v) is 12.0. The second kappa shape index (κ2) is 7.02. The number of nitrogens with two attached hydrogens (primary N) is 1. The van der Waals surface area contributed by atoms with Crippen LogP contribution in [0.4, 0.5) is 0 Å². The van der Waals surface area contributed by atoms with Crippen LogP contribution >= 0.6 is 11.3 Å². The lowest BCUT2D eigenvalue weighted by Gasteiger charge is -2.14. The maximum Gasteiger partial charge on any atom is 0.259 e. The van der Waals surface area contributed by atoms with Crippen LogP contribution in [0, 0.1) is 0 Å². The van der Waals surface area contributed by atoms with E-state index in [1.54, 1.807) is 13.8 Å². The number of aliphatic hydroxyl groups is 1. The van der Waals surface area contributed by atoms with Crippen LogP contribution < -0.4 is 5.14 Å². The molecule has 0 fully saturated rings. The van der Waals surface area contributed by atoms with E-state index >= 15 is 0 Å². The van der Waals surface area contributed by atoms with E-state index in [-0.39, 0.29) is 10.8 Å². The van der Waals surface area contributed by atoms with E-state index in [0.29, 0.717) is 4.88 Å². The topological polar surface area (TPSA) is 106 Å². The number of hydrogen-bond acceptors (Lipinski definition) is 5. The summed E-state index contributed by atoms with van der Waals surface area (Å²) in [6.07, 6.45) is 7.91. The van der Waals surface area contributed by atoms with Gasteiger partial charge in [0, 0.05) is 6.20 Å². The maximum atomic E-state index is 12.9. The average molecular weight is 420 g/mol. The Morgan fingerprint density at radius 3 is 2.39 bits per heavy atom. The van der Waals surface area contributed by atoms with Crippen LogP contribution in [0.3, 0.4) is 0 Å². The van der Waals surface area contributed by atoms with Gasteiger partial charge in [-0.1, -0.05) is 6.07 Å². The second-order valence-corrected chi connectivity index (χ2v) is 11.1. The zero-order valence-electron chi connectivity index (χ0n) is 16.2. The van der Waals surface area contributed by atoms with Crippen molar-refractivity contribution in [1.29, 1.82) is 0 Å². The molecule has 2 aliphatic rings. The van der Waals surface area contributed by atoms with E-state index < -0.39 is 21.4 Å². The van der Waals surface area contributed by atoms with Crippen LogP contribution in [0.15, 0.2) is 21.0 Å². The zero-order valence-corrected chi connectivity index (χ0v) is 17.8. The summed E-state index contributed by atoms with van der Waals surface area (Å²) in [5.41, 5.74) is 5.25. The number of nitrogens with zero attached hydrogens (tertiary/aromatic N) is 2. The predicted molar refractivity (Wildman–Crippen MR) is 110 cm³/mol. The summed E-state index contributed by atoms with van der Waals surface area (Å²) in [4.78, 5) is 17.3.